The predicted octanol–water partition coefficient (Wildman–Crippen LogP) is 4.06. The maximum absolute atomic E-state index is 5.55. The lowest BCUT2D eigenvalue weighted by Gasteiger charge is -2.23. The van der Waals surface area contributed by atoms with Crippen molar-refractivity contribution in [2.75, 3.05) is 20.2 Å². The summed E-state index contributed by atoms with van der Waals surface area (Å²) in [5, 5.41) is 11.6. The summed E-state index contributed by atoms with van der Waals surface area (Å²) in [5.41, 5.74) is 2.10. The molecule has 2 aromatic heterocycles. The molecule has 2 heterocycles. The van der Waals surface area contributed by atoms with E-state index in [0.29, 0.717) is 6.54 Å². The van der Waals surface area contributed by atoms with E-state index < -0.39 is 0 Å². The zero-order valence-corrected chi connectivity index (χ0v) is 20.8. The number of rotatable bonds is 9. The van der Waals surface area contributed by atoms with Gasteiger partial charge in [0, 0.05) is 26.6 Å². The van der Waals surface area contributed by atoms with Gasteiger partial charge in [0.15, 0.2) is 5.96 Å². The van der Waals surface area contributed by atoms with Gasteiger partial charge in [-0.05, 0) is 37.3 Å². The van der Waals surface area contributed by atoms with Crippen LogP contribution in [0.4, 0.5) is 0 Å². The minimum absolute atomic E-state index is 0. The SMILES string of the molecule is CCc1nn(C)c(OC)c1CN=C(NCCc1ccco1)NCC1CCCCC1.I. The number of nitrogens with zero attached hydrogens (tertiary/aromatic N) is 3. The van der Waals surface area contributed by atoms with E-state index in [0.717, 1.165) is 60.7 Å². The van der Waals surface area contributed by atoms with Crippen molar-refractivity contribution in [2.24, 2.45) is 18.0 Å². The molecule has 8 heteroatoms. The van der Waals surface area contributed by atoms with Gasteiger partial charge in [0.2, 0.25) is 5.88 Å². The molecule has 30 heavy (non-hydrogen) atoms. The molecule has 0 saturated heterocycles. The van der Waals surface area contributed by atoms with Gasteiger partial charge in [-0.3, -0.25) is 0 Å². The number of ether oxygens (including phenoxy) is 1. The summed E-state index contributed by atoms with van der Waals surface area (Å²) in [5.74, 6) is 3.34. The first-order chi connectivity index (χ1) is 14.2. The zero-order chi connectivity index (χ0) is 20.5. The summed E-state index contributed by atoms with van der Waals surface area (Å²) in [6, 6.07) is 3.93. The van der Waals surface area contributed by atoms with Gasteiger partial charge in [0.05, 0.1) is 31.2 Å². The van der Waals surface area contributed by atoms with Crippen LogP contribution >= 0.6 is 24.0 Å². The van der Waals surface area contributed by atoms with Gasteiger partial charge >= 0.3 is 0 Å². The predicted molar refractivity (Wildman–Crippen MR) is 131 cm³/mol. The Bertz CT molecular complexity index is 767. The van der Waals surface area contributed by atoms with Gasteiger partial charge in [-0.2, -0.15) is 5.10 Å². The second kappa shape index (κ2) is 12.9. The van der Waals surface area contributed by atoms with E-state index in [1.54, 1.807) is 18.1 Å². The molecule has 0 radical (unpaired) electrons. The number of guanidine groups is 1. The number of aliphatic imine (C=N–C) groups is 1. The lowest BCUT2D eigenvalue weighted by molar-refractivity contribution is 0.355. The normalized spacial score (nSPS) is 15.0. The number of nitrogens with one attached hydrogen (secondary N) is 2. The number of hydrogen-bond donors (Lipinski definition) is 2. The summed E-state index contributed by atoms with van der Waals surface area (Å²) in [4.78, 5) is 4.86. The van der Waals surface area contributed by atoms with Crippen molar-refractivity contribution in [3.63, 3.8) is 0 Å². The molecule has 1 saturated carbocycles. The lowest BCUT2D eigenvalue weighted by atomic mass is 9.89. The quantitative estimate of drug-likeness (QED) is 0.291. The molecule has 0 atom stereocenters. The number of aromatic nitrogens is 2. The fourth-order valence-electron chi connectivity index (χ4n) is 4.03. The smallest absolute Gasteiger partial charge is 0.216 e. The van der Waals surface area contributed by atoms with E-state index in [1.165, 1.54) is 32.1 Å². The third-order valence-corrected chi connectivity index (χ3v) is 5.62. The van der Waals surface area contributed by atoms with Gasteiger partial charge in [-0.25, -0.2) is 9.67 Å². The average Bonchev–Trinajstić information content (AvgIpc) is 3.37. The third kappa shape index (κ3) is 6.92. The van der Waals surface area contributed by atoms with E-state index in [9.17, 15) is 0 Å². The Kier molecular flexibility index (Phi) is 10.5. The average molecular weight is 529 g/mol. The van der Waals surface area contributed by atoms with Crippen LogP contribution in [-0.4, -0.2) is 35.9 Å². The van der Waals surface area contributed by atoms with E-state index in [-0.39, 0.29) is 24.0 Å². The second-order valence-corrected chi connectivity index (χ2v) is 7.72. The molecule has 2 N–H and O–H groups in total. The molecule has 0 aliphatic heterocycles. The van der Waals surface area contributed by atoms with Crippen LogP contribution in [0.25, 0.3) is 0 Å². The van der Waals surface area contributed by atoms with Gasteiger partial charge in [-0.15, -0.1) is 24.0 Å². The minimum atomic E-state index is 0. The Morgan fingerprint density at radius 1 is 1.30 bits per heavy atom. The highest BCUT2D eigenvalue weighted by Crippen LogP contribution is 2.24. The Hall–Kier alpha value is -1.71. The first-order valence-electron chi connectivity index (χ1n) is 10.8. The minimum Gasteiger partial charge on any atom is -0.481 e. The monoisotopic (exact) mass is 529 g/mol. The van der Waals surface area contributed by atoms with E-state index in [4.69, 9.17) is 14.1 Å². The molecule has 0 aromatic carbocycles. The van der Waals surface area contributed by atoms with Crippen LogP contribution in [0.5, 0.6) is 5.88 Å². The van der Waals surface area contributed by atoms with Crippen LogP contribution in [0.3, 0.4) is 0 Å². The standard InChI is InChI=1S/C22H35N5O2.HI/c1-4-20-19(21(28-3)27(2)26-20)16-25-22(23-13-12-18-11-8-14-29-18)24-15-17-9-6-5-7-10-17;/h8,11,14,17H,4-7,9-10,12-13,15-16H2,1-3H3,(H2,23,24,25);1H. The Morgan fingerprint density at radius 2 is 2.10 bits per heavy atom. The molecule has 0 spiro atoms. The van der Waals surface area contributed by atoms with Crippen molar-refractivity contribution in [3.05, 3.63) is 35.4 Å². The summed E-state index contributed by atoms with van der Waals surface area (Å²) in [6.07, 6.45) is 10.1. The molecule has 1 fully saturated rings. The molecule has 7 nitrogen and oxygen atoms in total. The molecule has 0 unspecified atom stereocenters. The van der Waals surface area contributed by atoms with Gasteiger partial charge in [0.1, 0.15) is 5.76 Å². The van der Waals surface area contributed by atoms with Crippen molar-refractivity contribution in [3.8, 4) is 5.88 Å². The van der Waals surface area contributed by atoms with Crippen LogP contribution in [0, 0.1) is 5.92 Å². The van der Waals surface area contributed by atoms with E-state index in [2.05, 4.69) is 22.7 Å². The van der Waals surface area contributed by atoms with Crippen molar-refractivity contribution in [1.29, 1.82) is 0 Å². The van der Waals surface area contributed by atoms with Crippen molar-refractivity contribution in [2.45, 2.75) is 58.4 Å². The molecule has 3 rings (SSSR count). The largest absolute Gasteiger partial charge is 0.481 e. The number of hydrogen-bond acceptors (Lipinski definition) is 4. The second-order valence-electron chi connectivity index (χ2n) is 7.72. The molecule has 1 aliphatic carbocycles. The lowest BCUT2D eigenvalue weighted by Crippen LogP contribution is -2.41. The number of halogens is 1. The summed E-state index contributed by atoms with van der Waals surface area (Å²) in [6.45, 7) is 4.39. The van der Waals surface area contributed by atoms with Crippen LogP contribution < -0.4 is 15.4 Å². The fraction of sp³-hybridized carbons (Fsp3) is 0.636. The third-order valence-electron chi connectivity index (χ3n) is 5.62. The summed E-state index contributed by atoms with van der Waals surface area (Å²) >= 11 is 0. The molecule has 168 valence electrons. The van der Waals surface area contributed by atoms with Crippen LogP contribution in [0.2, 0.25) is 0 Å². The Balaban J connectivity index is 0.00000320. The number of aryl methyl sites for hydroxylation is 2. The van der Waals surface area contributed by atoms with Crippen LogP contribution in [0.15, 0.2) is 27.8 Å². The van der Waals surface area contributed by atoms with Crippen LogP contribution in [0.1, 0.15) is 56.0 Å². The molecule has 0 amide bonds. The highest BCUT2D eigenvalue weighted by atomic mass is 127. The van der Waals surface area contributed by atoms with E-state index >= 15 is 0 Å². The number of methoxy groups -OCH3 is 1. The van der Waals surface area contributed by atoms with Gasteiger partial charge in [0.25, 0.3) is 0 Å². The van der Waals surface area contributed by atoms with E-state index in [1.807, 2.05) is 19.2 Å². The molecule has 0 bridgehead atoms. The maximum Gasteiger partial charge on any atom is 0.216 e. The summed E-state index contributed by atoms with van der Waals surface area (Å²) < 4.78 is 12.8. The first-order valence-corrected chi connectivity index (χ1v) is 10.8. The Morgan fingerprint density at radius 3 is 2.77 bits per heavy atom. The van der Waals surface area contributed by atoms with Crippen molar-refractivity contribution >= 4 is 29.9 Å². The molecular formula is C22H36IN5O2. The number of furan rings is 1. The van der Waals surface area contributed by atoms with Gasteiger partial charge in [-0.1, -0.05) is 26.2 Å². The highest BCUT2D eigenvalue weighted by molar-refractivity contribution is 14.0. The first kappa shape index (κ1) is 24.6. The topological polar surface area (TPSA) is 76.6 Å². The summed E-state index contributed by atoms with van der Waals surface area (Å²) in [7, 11) is 3.60. The highest BCUT2D eigenvalue weighted by Gasteiger charge is 2.17. The molecule has 2 aromatic rings. The zero-order valence-electron chi connectivity index (χ0n) is 18.4. The molecule has 1 aliphatic rings. The van der Waals surface area contributed by atoms with Gasteiger partial charge < -0.3 is 19.8 Å². The van der Waals surface area contributed by atoms with Crippen LogP contribution in [-0.2, 0) is 26.4 Å². The van der Waals surface area contributed by atoms with Crippen molar-refractivity contribution < 1.29 is 9.15 Å². The fourth-order valence-corrected chi connectivity index (χ4v) is 4.03. The van der Waals surface area contributed by atoms with Crippen molar-refractivity contribution in [1.82, 2.24) is 20.4 Å². The Labute approximate surface area is 197 Å². The maximum atomic E-state index is 5.55. The molecular weight excluding hydrogens is 493 g/mol.